The minimum absolute atomic E-state index is 0.136. The summed E-state index contributed by atoms with van der Waals surface area (Å²) in [5, 5.41) is 2.76. The Kier molecular flexibility index (Phi) is 7.29. The van der Waals surface area contributed by atoms with E-state index >= 15 is 0 Å². The monoisotopic (exact) mass is 378 g/mol. The van der Waals surface area contributed by atoms with Crippen LogP contribution in [0.15, 0.2) is 53.4 Å². The lowest BCUT2D eigenvalue weighted by molar-refractivity contribution is 0.0954. The van der Waals surface area contributed by atoms with Gasteiger partial charge in [0, 0.05) is 18.7 Å². The van der Waals surface area contributed by atoms with Crippen LogP contribution in [0.4, 0.5) is 4.39 Å². The second kappa shape index (κ2) is 9.45. The van der Waals surface area contributed by atoms with E-state index in [0.29, 0.717) is 25.1 Å². The molecule has 0 heterocycles. The molecule has 0 aliphatic rings. The van der Waals surface area contributed by atoms with Crippen LogP contribution in [-0.4, -0.2) is 27.4 Å². The molecule has 7 heteroatoms. The predicted octanol–water partition coefficient (Wildman–Crippen LogP) is 2.88. The Morgan fingerprint density at radius 1 is 1.00 bits per heavy atom. The molecular weight excluding hydrogens is 355 g/mol. The van der Waals surface area contributed by atoms with Gasteiger partial charge in [0.1, 0.15) is 5.82 Å². The molecular formula is C19H23FN2O3S. The molecule has 2 aromatic rings. The van der Waals surface area contributed by atoms with Crippen molar-refractivity contribution in [3.8, 4) is 0 Å². The van der Waals surface area contributed by atoms with E-state index in [9.17, 15) is 17.6 Å². The fourth-order valence-electron chi connectivity index (χ4n) is 2.33. The molecule has 0 spiro atoms. The van der Waals surface area contributed by atoms with Gasteiger partial charge in [-0.2, -0.15) is 0 Å². The van der Waals surface area contributed by atoms with E-state index in [-0.39, 0.29) is 16.6 Å². The molecule has 0 saturated heterocycles. The molecule has 0 aliphatic heterocycles. The highest BCUT2D eigenvalue weighted by Gasteiger charge is 2.14. The molecule has 2 aromatic carbocycles. The lowest BCUT2D eigenvalue weighted by Gasteiger charge is -2.08. The van der Waals surface area contributed by atoms with Crippen LogP contribution in [0, 0.1) is 5.82 Å². The van der Waals surface area contributed by atoms with Gasteiger partial charge < -0.3 is 5.32 Å². The molecule has 5 nitrogen and oxygen atoms in total. The summed E-state index contributed by atoms with van der Waals surface area (Å²) in [7, 11) is -3.54. The van der Waals surface area contributed by atoms with Crippen LogP contribution in [0.5, 0.6) is 0 Å². The van der Waals surface area contributed by atoms with Crippen molar-refractivity contribution in [2.75, 3.05) is 13.1 Å². The molecule has 2 rings (SSSR count). The van der Waals surface area contributed by atoms with E-state index in [2.05, 4.69) is 10.0 Å². The quantitative estimate of drug-likeness (QED) is 0.659. The maximum absolute atomic E-state index is 12.8. The molecule has 140 valence electrons. The van der Waals surface area contributed by atoms with Crippen LogP contribution >= 0.6 is 0 Å². The zero-order valence-corrected chi connectivity index (χ0v) is 15.5. The summed E-state index contributed by atoms with van der Waals surface area (Å²) in [6.07, 6.45) is 2.26. The minimum Gasteiger partial charge on any atom is -0.352 e. The first-order chi connectivity index (χ1) is 12.4. The minimum atomic E-state index is -3.54. The van der Waals surface area contributed by atoms with E-state index < -0.39 is 10.0 Å². The van der Waals surface area contributed by atoms with Crippen molar-refractivity contribution in [2.45, 2.75) is 31.1 Å². The van der Waals surface area contributed by atoms with Crippen molar-refractivity contribution in [1.82, 2.24) is 10.0 Å². The number of sulfonamides is 1. The molecule has 0 unspecified atom stereocenters. The van der Waals surface area contributed by atoms with Crippen molar-refractivity contribution < 1.29 is 17.6 Å². The Bertz CT molecular complexity index is 819. The first-order valence-corrected chi connectivity index (χ1v) is 10.0. The predicted molar refractivity (Wildman–Crippen MR) is 99.0 cm³/mol. The number of unbranched alkanes of at least 4 members (excludes halogenated alkanes) is 1. The van der Waals surface area contributed by atoms with Crippen LogP contribution in [0.2, 0.25) is 0 Å². The highest BCUT2D eigenvalue weighted by atomic mass is 32.2. The van der Waals surface area contributed by atoms with Crippen LogP contribution in [0.3, 0.4) is 0 Å². The summed E-state index contributed by atoms with van der Waals surface area (Å²) in [6.45, 7) is 2.78. The molecule has 1 amide bonds. The molecule has 0 fully saturated rings. The number of hydrogen-bond acceptors (Lipinski definition) is 3. The van der Waals surface area contributed by atoms with Crippen LogP contribution in [-0.2, 0) is 16.4 Å². The van der Waals surface area contributed by atoms with Crippen molar-refractivity contribution in [3.63, 3.8) is 0 Å². The molecule has 0 atom stereocenters. The normalized spacial score (nSPS) is 11.3. The van der Waals surface area contributed by atoms with E-state index in [1.54, 1.807) is 12.1 Å². The van der Waals surface area contributed by atoms with Gasteiger partial charge in [-0.1, -0.05) is 25.5 Å². The number of hydrogen-bond donors (Lipinski definition) is 2. The Morgan fingerprint density at radius 3 is 2.27 bits per heavy atom. The van der Waals surface area contributed by atoms with Gasteiger partial charge in [-0.15, -0.1) is 0 Å². The van der Waals surface area contributed by atoms with Gasteiger partial charge in [-0.25, -0.2) is 17.5 Å². The lowest BCUT2D eigenvalue weighted by atomic mass is 10.1. The molecule has 2 N–H and O–H groups in total. The Balaban J connectivity index is 1.88. The number of amides is 1. The fraction of sp³-hybridized carbons (Fsp3) is 0.316. The van der Waals surface area contributed by atoms with Crippen LogP contribution in [0.1, 0.15) is 35.7 Å². The van der Waals surface area contributed by atoms with Gasteiger partial charge in [-0.05, 0) is 54.8 Å². The van der Waals surface area contributed by atoms with Crippen LogP contribution < -0.4 is 10.0 Å². The van der Waals surface area contributed by atoms with Gasteiger partial charge in [0.05, 0.1) is 4.90 Å². The first kappa shape index (κ1) is 20.1. The molecule has 0 aliphatic carbocycles. The van der Waals surface area contributed by atoms with Crippen molar-refractivity contribution >= 4 is 15.9 Å². The third kappa shape index (κ3) is 5.93. The summed E-state index contributed by atoms with van der Waals surface area (Å²) >= 11 is 0. The standard InChI is InChI=1S/C19H23FN2O3S/c1-2-3-13-22-26(24,25)18-10-6-16(7-11-18)19(23)21-14-12-15-4-8-17(20)9-5-15/h4-11,22H,2-3,12-14H2,1H3,(H,21,23). The van der Waals surface area contributed by atoms with Gasteiger partial charge in [0.15, 0.2) is 0 Å². The average molecular weight is 378 g/mol. The van der Waals surface area contributed by atoms with Gasteiger partial charge in [0.2, 0.25) is 10.0 Å². The average Bonchev–Trinajstić information content (AvgIpc) is 2.63. The third-order valence-corrected chi connectivity index (χ3v) is 5.34. The van der Waals surface area contributed by atoms with Crippen molar-refractivity contribution in [3.05, 3.63) is 65.5 Å². The summed E-state index contributed by atoms with van der Waals surface area (Å²) in [6, 6.07) is 11.9. The summed E-state index contributed by atoms with van der Waals surface area (Å²) in [5.74, 6) is -0.577. The summed E-state index contributed by atoms with van der Waals surface area (Å²) in [5.41, 5.74) is 1.31. The Hall–Kier alpha value is -2.25. The maximum atomic E-state index is 12.8. The largest absolute Gasteiger partial charge is 0.352 e. The van der Waals surface area contributed by atoms with Gasteiger partial charge in [0.25, 0.3) is 5.91 Å². The Labute approximate surface area is 153 Å². The van der Waals surface area contributed by atoms with Crippen LogP contribution in [0.25, 0.3) is 0 Å². The third-order valence-electron chi connectivity index (χ3n) is 3.86. The van der Waals surface area contributed by atoms with E-state index in [1.165, 1.54) is 36.4 Å². The SMILES string of the molecule is CCCCNS(=O)(=O)c1ccc(C(=O)NCCc2ccc(F)cc2)cc1. The van der Waals surface area contributed by atoms with Crippen molar-refractivity contribution in [1.29, 1.82) is 0 Å². The number of rotatable bonds is 9. The van der Waals surface area contributed by atoms with Gasteiger partial charge in [-0.3, -0.25) is 4.79 Å². The van der Waals surface area contributed by atoms with Gasteiger partial charge >= 0.3 is 0 Å². The lowest BCUT2D eigenvalue weighted by Crippen LogP contribution is -2.26. The molecule has 26 heavy (non-hydrogen) atoms. The number of carbonyl (C=O) groups excluding carboxylic acids is 1. The molecule has 0 aromatic heterocycles. The number of benzene rings is 2. The maximum Gasteiger partial charge on any atom is 0.251 e. The summed E-state index contributed by atoms with van der Waals surface area (Å²) < 4.78 is 39.6. The highest BCUT2D eigenvalue weighted by molar-refractivity contribution is 7.89. The molecule has 0 radical (unpaired) electrons. The van der Waals surface area contributed by atoms with E-state index in [1.807, 2.05) is 6.92 Å². The molecule has 0 bridgehead atoms. The second-order valence-electron chi connectivity index (χ2n) is 5.91. The topological polar surface area (TPSA) is 75.3 Å². The fourth-order valence-corrected chi connectivity index (χ4v) is 3.40. The van der Waals surface area contributed by atoms with E-state index in [4.69, 9.17) is 0 Å². The smallest absolute Gasteiger partial charge is 0.251 e. The number of halogens is 1. The number of nitrogens with one attached hydrogen (secondary N) is 2. The zero-order chi connectivity index (χ0) is 19.0. The summed E-state index contributed by atoms with van der Waals surface area (Å²) in [4.78, 5) is 12.3. The first-order valence-electron chi connectivity index (χ1n) is 8.55. The highest BCUT2D eigenvalue weighted by Crippen LogP contribution is 2.11. The number of carbonyl (C=O) groups is 1. The Morgan fingerprint density at radius 2 is 1.65 bits per heavy atom. The zero-order valence-electron chi connectivity index (χ0n) is 14.7. The molecule has 0 saturated carbocycles. The van der Waals surface area contributed by atoms with E-state index in [0.717, 1.165) is 18.4 Å². The second-order valence-corrected chi connectivity index (χ2v) is 7.68. The van der Waals surface area contributed by atoms with Crippen molar-refractivity contribution in [2.24, 2.45) is 0 Å².